The van der Waals surface area contributed by atoms with Crippen LogP contribution in [0.1, 0.15) is 32.1 Å². The van der Waals surface area contributed by atoms with E-state index >= 15 is 0 Å². The minimum Gasteiger partial charge on any atom is -0.376 e. The molecule has 1 aliphatic carbocycles. The van der Waals surface area contributed by atoms with Gasteiger partial charge in [-0.1, -0.05) is 19.3 Å². The second kappa shape index (κ2) is 6.28. The fourth-order valence-electron chi connectivity index (χ4n) is 3.43. The molecule has 2 saturated heterocycles. The van der Waals surface area contributed by atoms with Crippen molar-refractivity contribution in [3.63, 3.8) is 0 Å². The molecular formula is C14H24N2O4. The first-order valence-corrected chi connectivity index (χ1v) is 7.61. The lowest BCUT2D eigenvalue weighted by Gasteiger charge is -2.24. The molecule has 3 aliphatic rings. The molecule has 2 aliphatic heterocycles. The maximum Gasteiger partial charge on any atom is 0.315 e. The summed E-state index contributed by atoms with van der Waals surface area (Å²) >= 11 is 0. The van der Waals surface area contributed by atoms with Gasteiger partial charge in [0, 0.05) is 13.2 Å². The summed E-state index contributed by atoms with van der Waals surface area (Å²) < 4.78 is 16.7. The van der Waals surface area contributed by atoms with E-state index < -0.39 is 0 Å². The summed E-state index contributed by atoms with van der Waals surface area (Å²) in [6.45, 7) is 1.03. The van der Waals surface area contributed by atoms with Gasteiger partial charge < -0.3 is 24.8 Å². The second-order valence-electron chi connectivity index (χ2n) is 5.93. The third-order valence-electron chi connectivity index (χ3n) is 4.57. The van der Waals surface area contributed by atoms with Gasteiger partial charge in [-0.25, -0.2) is 4.79 Å². The molecule has 6 nitrogen and oxygen atoms in total. The number of rotatable bonds is 3. The van der Waals surface area contributed by atoms with Crippen LogP contribution in [0.2, 0.25) is 0 Å². The molecule has 0 spiro atoms. The standard InChI is InChI=1S/C14H24N2O4/c1-18-11-8-20-12-10(7-19-13(11)12)16-14(17)15-9-5-3-2-4-6-9/h9-13H,2-8H2,1H3,(H2,15,16,17)/t10-,11+,12+,13+/m0/s1. The molecule has 2 heterocycles. The number of urea groups is 1. The Labute approximate surface area is 119 Å². The molecule has 0 aromatic heterocycles. The van der Waals surface area contributed by atoms with Crippen LogP contribution in [0.4, 0.5) is 4.79 Å². The van der Waals surface area contributed by atoms with Crippen molar-refractivity contribution in [3.8, 4) is 0 Å². The predicted molar refractivity (Wildman–Crippen MR) is 72.6 cm³/mol. The van der Waals surface area contributed by atoms with Crippen LogP contribution in [0.15, 0.2) is 0 Å². The lowest BCUT2D eigenvalue weighted by atomic mass is 9.96. The highest BCUT2D eigenvalue weighted by atomic mass is 16.6. The van der Waals surface area contributed by atoms with E-state index in [-0.39, 0.29) is 30.4 Å². The first kappa shape index (κ1) is 14.1. The van der Waals surface area contributed by atoms with Crippen LogP contribution < -0.4 is 10.6 Å². The molecule has 0 bridgehead atoms. The quantitative estimate of drug-likeness (QED) is 0.804. The maximum absolute atomic E-state index is 12.0. The topological polar surface area (TPSA) is 68.8 Å². The van der Waals surface area contributed by atoms with Crippen molar-refractivity contribution in [2.75, 3.05) is 20.3 Å². The number of amides is 2. The van der Waals surface area contributed by atoms with Gasteiger partial charge in [-0.2, -0.15) is 0 Å². The molecule has 3 rings (SSSR count). The van der Waals surface area contributed by atoms with Crippen molar-refractivity contribution in [2.45, 2.75) is 62.5 Å². The Kier molecular flexibility index (Phi) is 4.43. The Morgan fingerprint density at radius 3 is 2.55 bits per heavy atom. The highest BCUT2D eigenvalue weighted by Crippen LogP contribution is 2.28. The molecule has 0 aromatic carbocycles. The summed E-state index contributed by atoms with van der Waals surface area (Å²) in [5.41, 5.74) is 0. The summed E-state index contributed by atoms with van der Waals surface area (Å²) in [4.78, 5) is 12.0. The summed E-state index contributed by atoms with van der Waals surface area (Å²) in [5, 5.41) is 6.05. The first-order valence-electron chi connectivity index (χ1n) is 7.61. The van der Waals surface area contributed by atoms with E-state index in [1.54, 1.807) is 7.11 Å². The highest BCUT2D eigenvalue weighted by molar-refractivity contribution is 5.74. The van der Waals surface area contributed by atoms with Gasteiger partial charge >= 0.3 is 6.03 Å². The van der Waals surface area contributed by atoms with Gasteiger partial charge in [-0.05, 0) is 12.8 Å². The zero-order valence-corrected chi connectivity index (χ0v) is 12.0. The molecule has 20 heavy (non-hydrogen) atoms. The molecule has 0 unspecified atom stereocenters. The highest BCUT2D eigenvalue weighted by Gasteiger charge is 2.48. The van der Waals surface area contributed by atoms with Gasteiger partial charge in [0.05, 0.1) is 19.3 Å². The Morgan fingerprint density at radius 1 is 1.05 bits per heavy atom. The van der Waals surface area contributed by atoms with Crippen molar-refractivity contribution in [2.24, 2.45) is 0 Å². The Balaban J connectivity index is 1.47. The minimum atomic E-state index is -0.101. The number of carbonyl (C=O) groups is 1. The van der Waals surface area contributed by atoms with E-state index in [4.69, 9.17) is 14.2 Å². The lowest BCUT2D eigenvalue weighted by molar-refractivity contribution is -0.00808. The average molecular weight is 284 g/mol. The fourth-order valence-corrected chi connectivity index (χ4v) is 3.43. The fraction of sp³-hybridized carbons (Fsp3) is 0.929. The smallest absolute Gasteiger partial charge is 0.315 e. The molecular weight excluding hydrogens is 260 g/mol. The van der Waals surface area contributed by atoms with Crippen LogP contribution in [0, 0.1) is 0 Å². The molecule has 0 radical (unpaired) electrons. The third-order valence-corrected chi connectivity index (χ3v) is 4.57. The number of hydrogen-bond acceptors (Lipinski definition) is 4. The van der Waals surface area contributed by atoms with E-state index in [1.807, 2.05) is 0 Å². The summed E-state index contributed by atoms with van der Waals surface area (Å²) in [5.74, 6) is 0. The van der Waals surface area contributed by atoms with E-state index in [9.17, 15) is 4.79 Å². The Morgan fingerprint density at radius 2 is 1.80 bits per heavy atom. The zero-order valence-electron chi connectivity index (χ0n) is 12.0. The molecule has 4 atom stereocenters. The summed E-state index contributed by atoms with van der Waals surface area (Å²) in [6, 6.07) is 0.137. The molecule has 1 saturated carbocycles. The van der Waals surface area contributed by atoms with E-state index in [2.05, 4.69) is 10.6 Å². The first-order chi connectivity index (χ1) is 9.78. The van der Waals surface area contributed by atoms with E-state index in [1.165, 1.54) is 19.3 Å². The van der Waals surface area contributed by atoms with Gasteiger partial charge in [-0.3, -0.25) is 0 Å². The van der Waals surface area contributed by atoms with Gasteiger partial charge in [0.15, 0.2) is 0 Å². The van der Waals surface area contributed by atoms with Crippen molar-refractivity contribution in [1.82, 2.24) is 10.6 Å². The Hall–Kier alpha value is -0.850. The number of ether oxygens (including phenoxy) is 3. The minimum absolute atomic E-state index is 0.0202. The largest absolute Gasteiger partial charge is 0.376 e. The normalized spacial score (nSPS) is 37.6. The number of fused-ring (bicyclic) bond motifs is 1. The van der Waals surface area contributed by atoms with Crippen molar-refractivity contribution < 1.29 is 19.0 Å². The number of hydrogen-bond donors (Lipinski definition) is 2. The van der Waals surface area contributed by atoms with Crippen LogP contribution in [-0.4, -0.2) is 56.8 Å². The molecule has 2 N–H and O–H groups in total. The molecule has 0 aromatic rings. The van der Waals surface area contributed by atoms with Crippen LogP contribution >= 0.6 is 0 Å². The summed E-state index contributed by atoms with van der Waals surface area (Å²) in [7, 11) is 1.66. The molecule has 2 amide bonds. The second-order valence-corrected chi connectivity index (χ2v) is 5.93. The van der Waals surface area contributed by atoms with Gasteiger partial charge in [0.1, 0.15) is 18.3 Å². The van der Waals surface area contributed by atoms with Crippen molar-refractivity contribution in [3.05, 3.63) is 0 Å². The van der Waals surface area contributed by atoms with E-state index in [0.717, 1.165) is 12.8 Å². The Bertz CT molecular complexity index is 346. The summed E-state index contributed by atoms with van der Waals surface area (Å²) in [6.07, 6.45) is 5.71. The van der Waals surface area contributed by atoms with Crippen molar-refractivity contribution in [1.29, 1.82) is 0 Å². The molecule has 6 heteroatoms. The van der Waals surface area contributed by atoms with Gasteiger partial charge in [0.2, 0.25) is 0 Å². The predicted octanol–water partition coefficient (Wildman–Crippen LogP) is 0.800. The SMILES string of the molecule is CO[C@@H]1CO[C@H]2[C@@H]1OC[C@@H]2NC(=O)NC1CCCCC1. The monoisotopic (exact) mass is 284 g/mol. The van der Waals surface area contributed by atoms with Crippen LogP contribution in [0.25, 0.3) is 0 Å². The van der Waals surface area contributed by atoms with Gasteiger partial charge in [0.25, 0.3) is 0 Å². The number of methoxy groups -OCH3 is 1. The zero-order chi connectivity index (χ0) is 13.9. The van der Waals surface area contributed by atoms with Crippen molar-refractivity contribution >= 4 is 6.03 Å². The lowest BCUT2D eigenvalue weighted by Crippen LogP contribution is -2.51. The third kappa shape index (κ3) is 2.92. The number of nitrogens with one attached hydrogen (secondary N) is 2. The maximum atomic E-state index is 12.0. The van der Waals surface area contributed by atoms with Gasteiger partial charge in [-0.15, -0.1) is 0 Å². The average Bonchev–Trinajstić information content (AvgIpc) is 3.02. The van der Waals surface area contributed by atoms with E-state index in [0.29, 0.717) is 19.3 Å². The van der Waals surface area contributed by atoms with Crippen LogP contribution in [0.5, 0.6) is 0 Å². The number of carbonyl (C=O) groups excluding carboxylic acids is 1. The van der Waals surface area contributed by atoms with Crippen LogP contribution in [0.3, 0.4) is 0 Å². The molecule has 114 valence electrons. The molecule has 3 fully saturated rings. The van der Waals surface area contributed by atoms with Crippen LogP contribution in [-0.2, 0) is 14.2 Å².